The van der Waals surface area contributed by atoms with Crippen molar-refractivity contribution in [1.82, 2.24) is 19.9 Å². The zero-order valence-electron chi connectivity index (χ0n) is 23.2. The topological polar surface area (TPSA) is 131 Å². The van der Waals surface area contributed by atoms with Crippen molar-refractivity contribution in [3.05, 3.63) is 69.9 Å². The van der Waals surface area contributed by atoms with Crippen molar-refractivity contribution in [1.29, 1.82) is 0 Å². The first kappa shape index (κ1) is 28.8. The lowest BCUT2D eigenvalue weighted by Crippen LogP contribution is -2.45. The van der Waals surface area contributed by atoms with Crippen LogP contribution in [0.4, 0.5) is 10.1 Å². The number of nitrogens with one attached hydrogen (secondary N) is 2. The highest BCUT2D eigenvalue weighted by molar-refractivity contribution is 7.09. The molecule has 2 aromatic heterocycles. The molecular formula is C30H36FN5O4S. The zero-order valence-corrected chi connectivity index (χ0v) is 24.0. The number of carbonyl (C=O) groups excluding carboxylic acids is 3. The molecule has 2 aliphatic carbocycles. The van der Waals surface area contributed by atoms with Gasteiger partial charge in [0.1, 0.15) is 22.2 Å². The SMILES string of the molecule is Cc1ccc([C@@H](C(=O)NC2CCCC2)N(Cc2ccccc2F)C(=O)c2snc(C(=O)NC3CCCCC3)c2N)o1. The number of nitrogens with zero attached hydrogens (tertiary/aromatic N) is 2. The van der Waals surface area contributed by atoms with Crippen LogP contribution in [0.1, 0.15) is 101 Å². The van der Waals surface area contributed by atoms with Gasteiger partial charge in [0.05, 0.1) is 12.2 Å². The van der Waals surface area contributed by atoms with Crippen LogP contribution in [0, 0.1) is 12.7 Å². The molecule has 0 bridgehead atoms. The summed E-state index contributed by atoms with van der Waals surface area (Å²) < 4.78 is 25.0. The summed E-state index contributed by atoms with van der Waals surface area (Å²) in [5, 5.41) is 6.05. The first-order valence-corrected chi connectivity index (χ1v) is 15.1. The Hall–Kier alpha value is -3.73. The molecule has 1 atom stereocenters. The third-order valence-electron chi connectivity index (χ3n) is 7.93. The third-order valence-corrected chi connectivity index (χ3v) is 8.78. The molecule has 2 aliphatic rings. The normalized spacial score (nSPS) is 16.8. The number of carbonyl (C=O) groups is 3. The molecule has 2 fully saturated rings. The molecular weight excluding hydrogens is 545 g/mol. The number of halogens is 1. The molecule has 9 nitrogen and oxygen atoms in total. The number of anilines is 1. The summed E-state index contributed by atoms with van der Waals surface area (Å²) >= 11 is 0.797. The highest BCUT2D eigenvalue weighted by atomic mass is 32.1. The van der Waals surface area contributed by atoms with Gasteiger partial charge in [-0.3, -0.25) is 14.4 Å². The molecule has 3 amide bonds. The van der Waals surface area contributed by atoms with Gasteiger partial charge in [0, 0.05) is 17.6 Å². The fourth-order valence-corrected chi connectivity index (χ4v) is 6.47. The van der Waals surface area contributed by atoms with Gasteiger partial charge in [-0.15, -0.1) is 0 Å². The molecule has 0 spiro atoms. The molecule has 4 N–H and O–H groups in total. The quantitative estimate of drug-likeness (QED) is 0.316. The van der Waals surface area contributed by atoms with Gasteiger partial charge >= 0.3 is 0 Å². The van der Waals surface area contributed by atoms with Crippen molar-refractivity contribution in [3.8, 4) is 0 Å². The van der Waals surface area contributed by atoms with Gasteiger partial charge in [0.2, 0.25) is 0 Å². The monoisotopic (exact) mass is 581 g/mol. The Kier molecular flexibility index (Phi) is 9.02. The maximum absolute atomic E-state index is 14.9. The maximum atomic E-state index is 14.9. The fraction of sp³-hybridized carbons (Fsp3) is 0.467. The van der Waals surface area contributed by atoms with Crippen LogP contribution in [0.25, 0.3) is 0 Å². The number of aryl methyl sites for hydroxylation is 1. The Bertz CT molecular complexity index is 1390. The zero-order chi connectivity index (χ0) is 28.9. The van der Waals surface area contributed by atoms with E-state index in [4.69, 9.17) is 10.2 Å². The minimum atomic E-state index is -1.20. The molecule has 11 heteroatoms. The van der Waals surface area contributed by atoms with E-state index in [1.807, 2.05) is 0 Å². The molecule has 218 valence electrons. The minimum Gasteiger partial charge on any atom is -0.464 e. The smallest absolute Gasteiger partial charge is 0.273 e. The van der Waals surface area contributed by atoms with Crippen LogP contribution in [0.15, 0.2) is 40.8 Å². The Labute approximate surface area is 242 Å². The summed E-state index contributed by atoms with van der Waals surface area (Å²) in [4.78, 5) is 42.3. The predicted molar refractivity (Wildman–Crippen MR) is 154 cm³/mol. The number of furan rings is 1. The molecule has 1 aromatic carbocycles. The van der Waals surface area contributed by atoms with Crippen molar-refractivity contribution >= 4 is 34.9 Å². The van der Waals surface area contributed by atoms with E-state index in [-0.39, 0.29) is 46.2 Å². The number of hydrogen-bond donors (Lipinski definition) is 3. The Morgan fingerprint density at radius 3 is 2.34 bits per heavy atom. The van der Waals surface area contributed by atoms with E-state index in [0.29, 0.717) is 5.76 Å². The number of nitrogens with two attached hydrogens (primary N) is 1. The van der Waals surface area contributed by atoms with Crippen LogP contribution in [0.2, 0.25) is 0 Å². The van der Waals surface area contributed by atoms with Gasteiger partial charge in [-0.25, -0.2) is 4.39 Å². The average Bonchev–Trinajstić information content (AvgIpc) is 3.71. The summed E-state index contributed by atoms with van der Waals surface area (Å²) in [6.07, 6.45) is 8.72. The number of amides is 3. The second-order valence-corrected chi connectivity index (χ2v) is 11.7. The van der Waals surface area contributed by atoms with E-state index < -0.39 is 29.6 Å². The Morgan fingerprint density at radius 2 is 1.68 bits per heavy atom. The van der Waals surface area contributed by atoms with Crippen LogP contribution in [0.5, 0.6) is 0 Å². The largest absolute Gasteiger partial charge is 0.464 e. The lowest BCUT2D eigenvalue weighted by atomic mass is 9.95. The maximum Gasteiger partial charge on any atom is 0.273 e. The average molecular weight is 582 g/mol. The molecule has 0 radical (unpaired) electrons. The summed E-state index contributed by atoms with van der Waals surface area (Å²) in [7, 11) is 0. The summed E-state index contributed by atoms with van der Waals surface area (Å²) in [5.41, 5.74) is 6.51. The highest BCUT2D eigenvalue weighted by Crippen LogP contribution is 2.32. The minimum absolute atomic E-state index is 0.0112. The van der Waals surface area contributed by atoms with E-state index in [9.17, 15) is 18.8 Å². The van der Waals surface area contributed by atoms with Gasteiger partial charge < -0.3 is 25.7 Å². The number of rotatable bonds is 9. The number of aromatic nitrogens is 1. The van der Waals surface area contributed by atoms with Crippen molar-refractivity contribution in [2.24, 2.45) is 0 Å². The van der Waals surface area contributed by atoms with Gasteiger partial charge in [-0.1, -0.05) is 50.3 Å². The van der Waals surface area contributed by atoms with Gasteiger partial charge in [0.25, 0.3) is 17.7 Å². The molecule has 0 aliphatic heterocycles. The van der Waals surface area contributed by atoms with Gasteiger partial charge in [0.15, 0.2) is 11.7 Å². The fourth-order valence-electron chi connectivity index (χ4n) is 5.71. The van der Waals surface area contributed by atoms with E-state index in [1.165, 1.54) is 11.0 Å². The molecule has 3 aromatic rings. The number of hydrogen-bond acceptors (Lipinski definition) is 7. The highest BCUT2D eigenvalue weighted by Gasteiger charge is 2.38. The van der Waals surface area contributed by atoms with Crippen molar-refractivity contribution in [2.45, 2.75) is 89.4 Å². The molecule has 2 saturated carbocycles. The van der Waals surface area contributed by atoms with E-state index >= 15 is 0 Å². The molecule has 5 rings (SSSR count). The lowest BCUT2D eigenvalue weighted by Gasteiger charge is -2.30. The van der Waals surface area contributed by atoms with Crippen LogP contribution < -0.4 is 16.4 Å². The first-order chi connectivity index (χ1) is 19.8. The molecule has 0 unspecified atom stereocenters. The Balaban J connectivity index is 1.49. The number of nitrogen functional groups attached to an aromatic ring is 1. The molecule has 2 heterocycles. The molecule has 41 heavy (non-hydrogen) atoms. The van der Waals surface area contributed by atoms with Crippen LogP contribution in [0.3, 0.4) is 0 Å². The van der Waals surface area contributed by atoms with E-state index in [2.05, 4.69) is 15.0 Å². The third kappa shape index (κ3) is 6.61. The van der Waals surface area contributed by atoms with Gasteiger partial charge in [-0.2, -0.15) is 4.37 Å². The van der Waals surface area contributed by atoms with Crippen LogP contribution in [-0.4, -0.2) is 39.1 Å². The first-order valence-electron chi connectivity index (χ1n) is 14.3. The predicted octanol–water partition coefficient (Wildman–Crippen LogP) is 5.27. The second-order valence-electron chi connectivity index (χ2n) is 10.9. The summed E-state index contributed by atoms with van der Waals surface area (Å²) in [6.45, 7) is 1.52. The lowest BCUT2D eigenvalue weighted by molar-refractivity contribution is -0.127. The van der Waals surface area contributed by atoms with E-state index in [1.54, 1.807) is 37.3 Å². The summed E-state index contributed by atoms with van der Waals surface area (Å²) in [5.74, 6) is -1.19. The van der Waals surface area contributed by atoms with Gasteiger partial charge in [-0.05, 0) is 62.3 Å². The van der Waals surface area contributed by atoms with Crippen molar-refractivity contribution in [2.75, 3.05) is 5.73 Å². The van der Waals surface area contributed by atoms with Crippen molar-refractivity contribution < 1.29 is 23.2 Å². The standard InChI is InChI=1S/C30H36FN5O4S/c1-18-15-16-23(40-18)26(29(38)34-21-12-6-7-13-21)36(17-19-9-5-8-14-22(19)31)30(39)27-24(32)25(35-41-27)28(37)33-20-10-3-2-4-11-20/h5,8-9,14-16,20-21,26H,2-4,6-7,10-13,17,32H2,1H3,(H,33,37)(H,34,38)/t26-/m0/s1. The summed E-state index contributed by atoms with van der Waals surface area (Å²) in [6, 6.07) is 8.28. The second kappa shape index (κ2) is 12.8. The van der Waals surface area contributed by atoms with Crippen molar-refractivity contribution in [3.63, 3.8) is 0 Å². The Morgan fingerprint density at radius 1 is 1.02 bits per heavy atom. The van der Waals surface area contributed by atoms with Crippen LogP contribution >= 0.6 is 11.5 Å². The van der Waals surface area contributed by atoms with Crippen LogP contribution in [-0.2, 0) is 11.3 Å². The molecule has 0 saturated heterocycles. The van der Waals surface area contributed by atoms with E-state index in [0.717, 1.165) is 69.3 Å². The number of benzene rings is 1.